The van der Waals surface area contributed by atoms with Gasteiger partial charge < -0.3 is 19.1 Å². The van der Waals surface area contributed by atoms with Crippen LogP contribution in [-0.2, 0) is 14.3 Å². The number of hydrogen-bond donors (Lipinski definition) is 0. The molecule has 0 saturated heterocycles. The van der Waals surface area contributed by atoms with E-state index in [1.54, 1.807) is 13.0 Å². The Balaban J connectivity index is 4.73. The van der Waals surface area contributed by atoms with Gasteiger partial charge in [-0.25, -0.2) is 4.79 Å². The first-order chi connectivity index (χ1) is 7.67. The highest BCUT2D eigenvalue weighted by Crippen LogP contribution is 2.11. The van der Waals surface area contributed by atoms with Crippen LogP contribution in [0.25, 0.3) is 0 Å². The second kappa shape index (κ2) is 6.39. The van der Waals surface area contributed by atoms with Gasteiger partial charge >= 0.3 is 5.97 Å². The fourth-order valence-electron chi connectivity index (χ4n) is 1.31. The molecule has 0 aromatic rings. The molecule has 0 bridgehead atoms. The monoisotopic (exact) mass is 243 g/mol. The van der Waals surface area contributed by atoms with Crippen molar-refractivity contribution in [3.05, 3.63) is 12.2 Å². The lowest BCUT2D eigenvalue weighted by Gasteiger charge is -2.32. The van der Waals surface area contributed by atoms with Crippen molar-refractivity contribution in [3.63, 3.8) is 0 Å². The van der Waals surface area contributed by atoms with Crippen LogP contribution < -0.4 is 5.11 Å². The Kier molecular flexibility index (Phi) is 5.88. The van der Waals surface area contributed by atoms with E-state index in [9.17, 15) is 14.7 Å². The van der Waals surface area contributed by atoms with Gasteiger partial charge in [0.05, 0.1) is 21.1 Å². The number of nitrogens with zero attached hydrogens (tertiary/aromatic N) is 1. The van der Waals surface area contributed by atoms with E-state index in [-0.39, 0.29) is 0 Å². The van der Waals surface area contributed by atoms with Gasteiger partial charge in [0.15, 0.2) is 6.10 Å². The van der Waals surface area contributed by atoms with E-state index in [0.29, 0.717) is 11.0 Å². The summed E-state index contributed by atoms with van der Waals surface area (Å²) in [6.07, 6.45) is 2.13. The molecule has 0 amide bonds. The molecule has 0 aromatic carbocycles. The van der Waals surface area contributed by atoms with E-state index in [1.807, 2.05) is 21.1 Å². The zero-order valence-electron chi connectivity index (χ0n) is 11.1. The van der Waals surface area contributed by atoms with Crippen molar-refractivity contribution in [1.82, 2.24) is 0 Å². The summed E-state index contributed by atoms with van der Waals surface area (Å²) >= 11 is 0. The smallest absolute Gasteiger partial charge is 0.330 e. The Hall–Kier alpha value is -1.36. The molecule has 0 aromatic heterocycles. The zero-order valence-corrected chi connectivity index (χ0v) is 11.1. The number of carbonyl (C=O) groups excluding carboxylic acids is 2. The van der Waals surface area contributed by atoms with Crippen LogP contribution in [0.2, 0.25) is 0 Å². The standard InChI is InChI=1S/C12H21NO4/c1-6-7-11(14)17-10(8-13(3,4)5)9(2)12(15)16/h6-7,9-10H,8H2,1-5H3/b7-6+. The number of esters is 1. The molecule has 2 unspecified atom stereocenters. The second-order valence-electron chi connectivity index (χ2n) is 5.06. The second-order valence-corrected chi connectivity index (χ2v) is 5.06. The molecule has 98 valence electrons. The van der Waals surface area contributed by atoms with Gasteiger partial charge in [-0.1, -0.05) is 13.0 Å². The molecule has 5 heteroatoms. The number of aliphatic carboxylic acids is 1. The Bertz CT molecular complexity index is 304. The van der Waals surface area contributed by atoms with E-state index >= 15 is 0 Å². The zero-order chi connectivity index (χ0) is 13.6. The Morgan fingerprint density at radius 2 is 1.88 bits per heavy atom. The minimum Gasteiger partial charge on any atom is -0.550 e. The molecule has 0 heterocycles. The van der Waals surface area contributed by atoms with Crippen molar-refractivity contribution in [3.8, 4) is 0 Å². The van der Waals surface area contributed by atoms with Crippen molar-refractivity contribution in [2.45, 2.75) is 20.0 Å². The number of ether oxygens (including phenoxy) is 1. The highest BCUT2D eigenvalue weighted by Gasteiger charge is 2.27. The van der Waals surface area contributed by atoms with Gasteiger partial charge in [-0.3, -0.25) is 0 Å². The third kappa shape index (κ3) is 6.73. The highest BCUT2D eigenvalue weighted by atomic mass is 16.5. The molecule has 0 aliphatic carbocycles. The van der Waals surface area contributed by atoms with Crippen LogP contribution >= 0.6 is 0 Å². The molecular formula is C12H21NO4. The summed E-state index contributed by atoms with van der Waals surface area (Å²) in [5.41, 5.74) is 0. The Morgan fingerprint density at radius 3 is 2.24 bits per heavy atom. The largest absolute Gasteiger partial charge is 0.550 e. The number of hydrogen-bond acceptors (Lipinski definition) is 4. The Labute approximate surface area is 102 Å². The van der Waals surface area contributed by atoms with Crippen molar-refractivity contribution in [2.24, 2.45) is 5.92 Å². The maximum absolute atomic E-state index is 11.3. The number of quaternary nitrogens is 1. The molecule has 0 spiro atoms. The summed E-state index contributed by atoms with van der Waals surface area (Å²) in [5, 5.41) is 10.8. The molecule has 0 radical (unpaired) electrons. The summed E-state index contributed by atoms with van der Waals surface area (Å²) in [7, 11) is 5.70. The van der Waals surface area contributed by atoms with Gasteiger partial charge in [-0.05, 0) is 6.92 Å². The molecule has 0 aliphatic heterocycles. The lowest BCUT2D eigenvalue weighted by molar-refractivity contribution is -0.873. The lowest BCUT2D eigenvalue weighted by atomic mass is 10.0. The first-order valence-electron chi connectivity index (χ1n) is 5.52. The number of carboxylic acids is 1. The molecule has 5 nitrogen and oxygen atoms in total. The van der Waals surface area contributed by atoms with Crippen molar-refractivity contribution < 1.29 is 23.9 Å². The SMILES string of the molecule is C/C=C/C(=O)OC(C[N+](C)(C)C)C(C)C(=O)[O-]. The molecular weight excluding hydrogens is 222 g/mol. The van der Waals surface area contributed by atoms with Crippen LogP contribution in [0.5, 0.6) is 0 Å². The third-order valence-electron chi connectivity index (χ3n) is 2.23. The van der Waals surface area contributed by atoms with Crippen LogP contribution in [-0.4, -0.2) is 50.2 Å². The molecule has 0 aliphatic rings. The number of carboxylic acid groups (broad SMARTS) is 1. The molecule has 0 saturated carbocycles. The van der Waals surface area contributed by atoms with Crippen LogP contribution in [0.15, 0.2) is 12.2 Å². The molecule has 17 heavy (non-hydrogen) atoms. The van der Waals surface area contributed by atoms with Gasteiger partial charge in [0, 0.05) is 18.0 Å². The molecule has 0 N–H and O–H groups in total. The fraction of sp³-hybridized carbons (Fsp3) is 0.667. The number of carbonyl (C=O) groups is 2. The first kappa shape index (κ1) is 15.6. The van der Waals surface area contributed by atoms with E-state index in [2.05, 4.69) is 0 Å². The van der Waals surface area contributed by atoms with Crippen LogP contribution in [0.3, 0.4) is 0 Å². The molecule has 0 rings (SSSR count). The predicted octanol–water partition coefficient (Wildman–Crippen LogP) is -0.433. The third-order valence-corrected chi connectivity index (χ3v) is 2.23. The average Bonchev–Trinajstić information content (AvgIpc) is 2.13. The topological polar surface area (TPSA) is 66.4 Å². The fourth-order valence-corrected chi connectivity index (χ4v) is 1.31. The first-order valence-corrected chi connectivity index (χ1v) is 5.52. The summed E-state index contributed by atoms with van der Waals surface area (Å²) in [5.74, 6) is -2.57. The highest BCUT2D eigenvalue weighted by molar-refractivity contribution is 5.82. The Morgan fingerprint density at radius 1 is 1.35 bits per heavy atom. The van der Waals surface area contributed by atoms with Crippen molar-refractivity contribution in [1.29, 1.82) is 0 Å². The summed E-state index contributed by atoms with van der Waals surface area (Å²) in [4.78, 5) is 22.2. The van der Waals surface area contributed by atoms with E-state index in [1.165, 1.54) is 13.0 Å². The van der Waals surface area contributed by atoms with E-state index < -0.39 is 24.0 Å². The molecule has 2 atom stereocenters. The van der Waals surface area contributed by atoms with Gasteiger partial charge in [-0.15, -0.1) is 0 Å². The predicted molar refractivity (Wildman–Crippen MR) is 61.8 cm³/mol. The van der Waals surface area contributed by atoms with Crippen molar-refractivity contribution in [2.75, 3.05) is 27.7 Å². The van der Waals surface area contributed by atoms with Crippen LogP contribution in [0, 0.1) is 5.92 Å². The normalized spacial score (nSPS) is 15.6. The van der Waals surface area contributed by atoms with Gasteiger partial charge in [0.2, 0.25) is 0 Å². The minimum absolute atomic E-state index is 0.415. The average molecular weight is 243 g/mol. The van der Waals surface area contributed by atoms with Gasteiger partial charge in [0.25, 0.3) is 0 Å². The summed E-state index contributed by atoms with van der Waals surface area (Å²) in [6.45, 7) is 3.59. The quantitative estimate of drug-likeness (QED) is 0.360. The number of rotatable bonds is 6. The van der Waals surface area contributed by atoms with E-state index in [0.717, 1.165) is 0 Å². The van der Waals surface area contributed by atoms with Gasteiger partial charge in [-0.2, -0.15) is 0 Å². The number of allylic oxidation sites excluding steroid dienone is 1. The summed E-state index contributed by atoms with van der Waals surface area (Å²) < 4.78 is 5.63. The van der Waals surface area contributed by atoms with Crippen LogP contribution in [0.4, 0.5) is 0 Å². The van der Waals surface area contributed by atoms with Crippen LogP contribution in [0.1, 0.15) is 13.8 Å². The van der Waals surface area contributed by atoms with E-state index in [4.69, 9.17) is 4.74 Å². The number of likely N-dealkylation sites (N-methyl/N-ethyl adjacent to an activating group) is 1. The van der Waals surface area contributed by atoms with Gasteiger partial charge in [0.1, 0.15) is 6.54 Å². The minimum atomic E-state index is -1.21. The lowest BCUT2D eigenvalue weighted by Crippen LogP contribution is -2.49. The summed E-state index contributed by atoms with van der Waals surface area (Å²) in [6, 6.07) is 0. The molecule has 0 fully saturated rings. The maximum Gasteiger partial charge on any atom is 0.330 e. The van der Waals surface area contributed by atoms with Crippen molar-refractivity contribution >= 4 is 11.9 Å². The maximum atomic E-state index is 11.3.